The molecule has 0 spiro atoms. The van der Waals surface area contributed by atoms with Crippen molar-refractivity contribution in [2.24, 2.45) is 0 Å². The molecular weight excluding hydrogens is 354 g/mol. The first-order chi connectivity index (χ1) is 13.3. The fourth-order valence-electron chi connectivity index (χ4n) is 4.46. The minimum Gasteiger partial charge on any atom is -0.208 e. The maximum absolute atomic E-state index is 6.31. The maximum atomic E-state index is 6.31. The lowest BCUT2D eigenvalue weighted by Gasteiger charge is -2.19. The average Bonchev–Trinajstić information content (AvgIpc) is 2.72. The number of hydrogen-bond donors (Lipinski definition) is 0. The second-order valence-electron chi connectivity index (χ2n) is 7.59. The lowest BCUT2D eigenvalue weighted by molar-refractivity contribution is 0.685. The molecule has 0 aliphatic heterocycles. The predicted molar refractivity (Wildman–Crippen MR) is 109 cm³/mol. The predicted octanol–water partition coefficient (Wildman–Crippen LogP) is 5.62. The number of rotatable bonds is 2. The molecule has 1 aromatic heterocycles. The molecule has 3 aromatic rings. The lowest BCUT2D eigenvalue weighted by Crippen LogP contribution is -2.07. The second-order valence-corrected chi connectivity index (χ2v) is 7.93. The van der Waals surface area contributed by atoms with Gasteiger partial charge in [0.2, 0.25) is 5.28 Å². The summed E-state index contributed by atoms with van der Waals surface area (Å²) in [6.07, 6.45) is 9.57. The van der Waals surface area contributed by atoms with E-state index in [0.717, 1.165) is 30.4 Å². The van der Waals surface area contributed by atoms with Gasteiger partial charge in [0, 0.05) is 11.1 Å². The first kappa shape index (κ1) is 16.9. The van der Waals surface area contributed by atoms with Crippen LogP contribution >= 0.6 is 11.6 Å². The molecule has 2 aromatic carbocycles. The van der Waals surface area contributed by atoms with Crippen LogP contribution in [0.15, 0.2) is 36.4 Å². The minimum atomic E-state index is 0.265. The first-order valence-corrected chi connectivity index (χ1v) is 10.3. The van der Waals surface area contributed by atoms with Crippen LogP contribution in [0.5, 0.6) is 0 Å². The van der Waals surface area contributed by atoms with E-state index in [1.165, 1.54) is 54.4 Å². The number of aryl methyl sites for hydroxylation is 3. The molecule has 3 nitrogen and oxygen atoms in total. The van der Waals surface area contributed by atoms with E-state index in [9.17, 15) is 0 Å². The van der Waals surface area contributed by atoms with Crippen LogP contribution in [0.2, 0.25) is 5.28 Å². The fourth-order valence-corrected chi connectivity index (χ4v) is 4.62. The quantitative estimate of drug-likeness (QED) is 0.583. The van der Waals surface area contributed by atoms with Gasteiger partial charge < -0.3 is 0 Å². The summed E-state index contributed by atoms with van der Waals surface area (Å²) in [4.78, 5) is 13.7. The highest BCUT2D eigenvalue weighted by Crippen LogP contribution is 2.32. The molecule has 2 aliphatic rings. The van der Waals surface area contributed by atoms with Crippen LogP contribution in [0.3, 0.4) is 0 Å². The van der Waals surface area contributed by atoms with E-state index in [-0.39, 0.29) is 5.28 Å². The standard InChI is InChI=1S/C23H22ClN3/c24-23-26-21(18-13-12-15-6-1-2-8-17(15)14-18)25-22(27-23)20-11-5-9-16-7-3-4-10-19(16)20/h5,9,11-14H,1-4,6-8,10H2. The summed E-state index contributed by atoms with van der Waals surface area (Å²) in [6, 6.07) is 13.0. The van der Waals surface area contributed by atoms with Gasteiger partial charge in [0.15, 0.2) is 11.6 Å². The van der Waals surface area contributed by atoms with Crippen molar-refractivity contribution in [1.29, 1.82) is 0 Å². The van der Waals surface area contributed by atoms with Crippen molar-refractivity contribution in [3.05, 3.63) is 63.9 Å². The van der Waals surface area contributed by atoms with Gasteiger partial charge in [0.05, 0.1) is 0 Å². The molecule has 1 heterocycles. The summed E-state index contributed by atoms with van der Waals surface area (Å²) in [7, 11) is 0. The van der Waals surface area contributed by atoms with E-state index in [1.54, 1.807) is 0 Å². The fraction of sp³-hybridized carbons (Fsp3) is 0.348. The van der Waals surface area contributed by atoms with Gasteiger partial charge in [0.25, 0.3) is 0 Å². The molecule has 5 rings (SSSR count). The maximum Gasteiger partial charge on any atom is 0.226 e. The molecule has 0 fully saturated rings. The van der Waals surface area contributed by atoms with Crippen molar-refractivity contribution in [1.82, 2.24) is 15.0 Å². The SMILES string of the molecule is Clc1nc(-c2ccc3c(c2)CCCC3)nc(-c2cccc3c2CCCC3)n1. The Bertz CT molecular complexity index is 1010. The van der Waals surface area contributed by atoms with Crippen molar-refractivity contribution in [2.75, 3.05) is 0 Å². The van der Waals surface area contributed by atoms with Crippen LogP contribution in [-0.4, -0.2) is 15.0 Å². The zero-order valence-corrected chi connectivity index (χ0v) is 16.1. The zero-order valence-electron chi connectivity index (χ0n) is 15.3. The first-order valence-electron chi connectivity index (χ1n) is 9.93. The molecule has 0 unspecified atom stereocenters. The number of aromatic nitrogens is 3. The molecule has 0 radical (unpaired) electrons. The van der Waals surface area contributed by atoms with Crippen LogP contribution in [0.25, 0.3) is 22.8 Å². The lowest BCUT2D eigenvalue weighted by atomic mass is 9.88. The molecule has 0 saturated carbocycles. The van der Waals surface area contributed by atoms with Crippen molar-refractivity contribution in [2.45, 2.75) is 51.4 Å². The van der Waals surface area contributed by atoms with Gasteiger partial charge in [-0.3, -0.25) is 0 Å². The monoisotopic (exact) mass is 375 g/mol. The summed E-state index contributed by atoms with van der Waals surface area (Å²) in [5.74, 6) is 1.37. The average molecular weight is 376 g/mol. The van der Waals surface area contributed by atoms with Gasteiger partial charge in [0.1, 0.15) is 0 Å². The Kier molecular flexibility index (Phi) is 4.41. The minimum absolute atomic E-state index is 0.265. The van der Waals surface area contributed by atoms with Crippen LogP contribution in [-0.2, 0) is 25.7 Å². The Balaban J connectivity index is 1.60. The van der Waals surface area contributed by atoms with Gasteiger partial charge in [-0.15, -0.1) is 0 Å². The van der Waals surface area contributed by atoms with E-state index in [4.69, 9.17) is 16.6 Å². The van der Waals surface area contributed by atoms with Crippen molar-refractivity contribution >= 4 is 11.6 Å². The number of benzene rings is 2. The Morgan fingerprint density at radius 1 is 0.667 bits per heavy atom. The van der Waals surface area contributed by atoms with Crippen LogP contribution in [0.1, 0.15) is 47.9 Å². The molecular formula is C23H22ClN3. The molecule has 0 amide bonds. The van der Waals surface area contributed by atoms with Gasteiger partial charge in [-0.1, -0.05) is 30.3 Å². The highest BCUT2D eigenvalue weighted by Gasteiger charge is 2.18. The summed E-state index contributed by atoms with van der Waals surface area (Å²) in [6.45, 7) is 0. The van der Waals surface area contributed by atoms with Gasteiger partial charge >= 0.3 is 0 Å². The van der Waals surface area contributed by atoms with Crippen LogP contribution in [0, 0.1) is 0 Å². The smallest absolute Gasteiger partial charge is 0.208 e. The van der Waals surface area contributed by atoms with E-state index >= 15 is 0 Å². The summed E-state index contributed by atoms with van der Waals surface area (Å²) in [5, 5.41) is 0.265. The number of nitrogens with zero attached hydrogens (tertiary/aromatic N) is 3. The number of fused-ring (bicyclic) bond motifs is 2. The zero-order chi connectivity index (χ0) is 18.2. The third kappa shape index (κ3) is 3.25. The Morgan fingerprint density at radius 2 is 1.41 bits per heavy atom. The van der Waals surface area contributed by atoms with E-state index in [2.05, 4.69) is 46.4 Å². The molecule has 4 heteroatoms. The molecule has 0 N–H and O–H groups in total. The van der Waals surface area contributed by atoms with Crippen molar-refractivity contribution in [3.8, 4) is 22.8 Å². The molecule has 0 atom stereocenters. The van der Waals surface area contributed by atoms with E-state index in [0.29, 0.717) is 11.6 Å². The van der Waals surface area contributed by atoms with E-state index < -0.39 is 0 Å². The van der Waals surface area contributed by atoms with E-state index in [1.807, 2.05) is 0 Å². The van der Waals surface area contributed by atoms with Crippen LogP contribution in [0.4, 0.5) is 0 Å². The van der Waals surface area contributed by atoms with Gasteiger partial charge in [-0.2, -0.15) is 9.97 Å². The third-order valence-corrected chi connectivity index (χ3v) is 6.02. The molecule has 0 saturated heterocycles. The number of halogens is 1. The molecule has 27 heavy (non-hydrogen) atoms. The third-order valence-electron chi connectivity index (χ3n) is 5.85. The Hall–Kier alpha value is -2.26. The highest BCUT2D eigenvalue weighted by atomic mass is 35.5. The second kappa shape index (κ2) is 7.05. The number of hydrogen-bond acceptors (Lipinski definition) is 3. The Labute approximate surface area is 164 Å². The van der Waals surface area contributed by atoms with Gasteiger partial charge in [-0.25, -0.2) is 4.98 Å². The molecule has 0 bridgehead atoms. The highest BCUT2D eigenvalue weighted by molar-refractivity contribution is 6.28. The largest absolute Gasteiger partial charge is 0.226 e. The summed E-state index contributed by atoms with van der Waals surface area (Å²) >= 11 is 6.31. The van der Waals surface area contributed by atoms with Crippen molar-refractivity contribution < 1.29 is 0 Å². The summed E-state index contributed by atoms with van der Waals surface area (Å²) < 4.78 is 0. The van der Waals surface area contributed by atoms with Gasteiger partial charge in [-0.05, 0) is 91.3 Å². The topological polar surface area (TPSA) is 38.7 Å². The summed E-state index contributed by atoms with van der Waals surface area (Å²) in [5.41, 5.74) is 7.83. The Morgan fingerprint density at radius 3 is 2.30 bits per heavy atom. The molecule has 136 valence electrons. The van der Waals surface area contributed by atoms with Crippen LogP contribution < -0.4 is 0 Å². The molecule has 2 aliphatic carbocycles. The van der Waals surface area contributed by atoms with Crippen molar-refractivity contribution in [3.63, 3.8) is 0 Å². The normalized spacial score (nSPS) is 15.9.